The van der Waals surface area contributed by atoms with Gasteiger partial charge in [-0.15, -0.1) is 0 Å². The fraction of sp³-hybridized carbons (Fsp3) is 0.321. The molecule has 1 heterocycles. The number of carbonyl (C=O) groups excluding carboxylic acids is 3. The smallest absolute Gasteiger partial charge is 0.338 e. The molecule has 1 N–H and O–H groups in total. The van der Waals surface area contributed by atoms with Gasteiger partial charge in [0, 0.05) is 44.0 Å². The second-order valence-electron chi connectivity index (χ2n) is 9.23. The molecule has 10 heteroatoms. The van der Waals surface area contributed by atoms with Crippen LogP contribution in [0.2, 0.25) is 0 Å². The molecule has 0 aliphatic carbocycles. The van der Waals surface area contributed by atoms with E-state index in [4.69, 9.17) is 4.74 Å². The lowest BCUT2D eigenvalue weighted by atomic mass is 9.93. The monoisotopic (exact) mass is 520 g/mol. The Hall–Kier alpha value is -4.47. The zero-order chi connectivity index (χ0) is 27.8. The molecule has 38 heavy (non-hydrogen) atoms. The van der Waals surface area contributed by atoms with E-state index < -0.39 is 29.1 Å². The summed E-state index contributed by atoms with van der Waals surface area (Å²) >= 11 is 0. The standard InChI is InChI=1S/C28H32N4O6/c1-19(2)38-27(34)25-20(3)29-28(35)31(26(25)22-12-8-13-23(18-22)32(36)37)17-9-16-30(4)24(33)15-14-21-10-6-5-7-11-21/h5-8,10-15,18-19,26H,9,16-17H2,1-4H3,(H,29,35)/b15-14+. The number of nitro benzene ring substituents is 1. The van der Waals surface area contributed by atoms with Gasteiger partial charge in [0.05, 0.1) is 22.6 Å². The van der Waals surface area contributed by atoms with Crippen LogP contribution in [0.1, 0.15) is 44.4 Å². The van der Waals surface area contributed by atoms with Gasteiger partial charge in [-0.05, 0) is 44.4 Å². The molecule has 0 fully saturated rings. The zero-order valence-corrected chi connectivity index (χ0v) is 21.9. The summed E-state index contributed by atoms with van der Waals surface area (Å²) < 4.78 is 5.44. The number of ether oxygens (including phenoxy) is 1. The highest BCUT2D eigenvalue weighted by molar-refractivity contribution is 5.95. The Morgan fingerprint density at radius 2 is 1.89 bits per heavy atom. The summed E-state index contributed by atoms with van der Waals surface area (Å²) in [6, 6.07) is 14.0. The molecular formula is C28H32N4O6. The first-order valence-electron chi connectivity index (χ1n) is 12.3. The van der Waals surface area contributed by atoms with Crippen molar-refractivity contribution >= 4 is 29.7 Å². The summed E-state index contributed by atoms with van der Waals surface area (Å²) in [5, 5.41) is 14.1. The van der Waals surface area contributed by atoms with E-state index in [0.29, 0.717) is 24.2 Å². The van der Waals surface area contributed by atoms with Crippen LogP contribution in [0.3, 0.4) is 0 Å². The number of amides is 3. The van der Waals surface area contributed by atoms with E-state index >= 15 is 0 Å². The van der Waals surface area contributed by atoms with E-state index in [9.17, 15) is 24.5 Å². The van der Waals surface area contributed by atoms with Crippen LogP contribution >= 0.6 is 0 Å². The maximum Gasteiger partial charge on any atom is 0.338 e. The van der Waals surface area contributed by atoms with Crippen molar-refractivity contribution in [3.63, 3.8) is 0 Å². The van der Waals surface area contributed by atoms with Gasteiger partial charge in [-0.1, -0.05) is 42.5 Å². The first-order valence-corrected chi connectivity index (χ1v) is 12.3. The van der Waals surface area contributed by atoms with Crippen LogP contribution in [0.25, 0.3) is 6.08 Å². The molecule has 2 aromatic carbocycles. The fourth-order valence-corrected chi connectivity index (χ4v) is 4.15. The first kappa shape index (κ1) is 28.1. The third-order valence-electron chi connectivity index (χ3n) is 5.99. The van der Waals surface area contributed by atoms with Crippen molar-refractivity contribution in [1.29, 1.82) is 0 Å². The Kier molecular flexibility index (Phi) is 9.37. The SMILES string of the molecule is CC1=C(C(=O)OC(C)C)C(c2cccc([N+](=O)[O-])c2)N(CCCN(C)C(=O)/C=C/c2ccccc2)C(=O)N1. The van der Waals surface area contributed by atoms with Crippen LogP contribution in [0.15, 0.2) is 71.9 Å². The number of carbonyl (C=O) groups is 3. The fourth-order valence-electron chi connectivity index (χ4n) is 4.15. The number of esters is 1. The largest absolute Gasteiger partial charge is 0.459 e. The van der Waals surface area contributed by atoms with E-state index in [1.54, 1.807) is 44.9 Å². The molecule has 0 radical (unpaired) electrons. The quantitative estimate of drug-likeness (QED) is 0.214. The van der Waals surface area contributed by atoms with Gasteiger partial charge in [-0.3, -0.25) is 14.9 Å². The van der Waals surface area contributed by atoms with Gasteiger partial charge in [-0.25, -0.2) is 9.59 Å². The number of benzene rings is 2. The normalized spacial score (nSPS) is 15.6. The van der Waals surface area contributed by atoms with Crippen molar-refractivity contribution in [2.24, 2.45) is 0 Å². The van der Waals surface area contributed by atoms with Gasteiger partial charge < -0.3 is 19.9 Å². The average molecular weight is 521 g/mol. The molecule has 10 nitrogen and oxygen atoms in total. The molecule has 1 unspecified atom stereocenters. The predicted octanol–water partition coefficient (Wildman–Crippen LogP) is 4.45. The van der Waals surface area contributed by atoms with Crippen molar-refractivity contribution in [3.8, 4) is 0 Å². The maximum atomic E-state index is 13.1. The Bertz CT molecular complexity index is 1250. The van der Waals surface area contributed by atoms with Crippen LogP contribution in [-0.2, 0) is 14.3 Å². The van der Waals surface area contributed by atoms with Crippen LogP contribution < -0.4 is 5.32 Å². The van der Waals surface area contributed by atoms with Crippen LogP contribution in [0, 0.1) is 10.1 Å². The second-order valence-corrected chi connectivity index (χ2v) is 9.23. The predicted molar refractivity (Wildman–Crippen MR) is 143 cm³/mol. The third-order valence-corrected chi connectivity index (χ3v) is 5.99. The number of rotatable bonds is 10. The van der Waals surface area contributed by atoms with Crippen molar-refractivity contribution in [2.75, 3.05) is 20.1 Å². The van der Waals surface area contributed by atoms with Crippen LogP contribution in [0.4, 0.5) is 10.5 Å². The summed E-state index contributed by atoms with van der Waals surface area (Å²) in [5.41, 5.74) is 1.69. The molecule has 200 valence electrons. The van der Waals surface area contributed by atoms with E-state index in [-0.39, 0.29) is 23.7 Å². The van der Waals surface area contributed by atoms with Crippen molar-refractivity contribution in [1.82, 2.24) is 15.1 Å². The Labute approximate surface area is 221 Å². The van der Waals surface area contributed by atoms with E-state index in [1.165, 1.54) is 29.2 Å². The zero-order valence-electron chi connectivity index (χ0n) is 21.9. The number of non-ortho nitro benzene ring substituents is 1. The van der Waals surface area contributed by atoms with Crippen LogP contribution in [0.5, 0.6) is 0 Å². The number of urea groups is 1. The Balaban J connectivity index is 1.82. The molecule has 2 aromatic rings. The topological polar surface area (TPSA) is 122 Å². The van der Waals surface area contributed by atoms with Gasteiger partial charge in [-0.2, -0.15) is 0 Å². The summed E-state index contributed by atoms with van der Waals surface area (Å²) in [4.78, 5) is 52.6. The minimum absolute atomic E-state index is 0.154. The number of likely N-dealkylation sites (N-methyl/N-ethyl adjacent to an activating group) is 1. The molecule has 1 aliphatic heterocycles. The third kappa shape index (κ3) is 7.06. The molecule has 0 spiro atoms. The summed E-state index contributed by atoms with van der Waals surface area (Å²) in [5.74, 6) is -0.804. The van der Waals surface area contributed by atoms with Crippen molar-refractivity contribution in [2.45, 2.75) is 39.3 Å². The minimum atomic E-state index is -0.895. The highest BCUT2D eigenvalue weighted by Crippen LogP contribution is 2.36. The molecular weight excluding hydrogens is 488 g/mol. The molecule has 0 saturated heterocycles. The Morgan fingerprint density at radius 3 is 2.55 bits per heavy atom. The van der Waals surface area contributed by atoms with Crippen LogP contribution in [-0.4, -0.2) is 58.9 Å². The lowest BCUT2D eigenvalue weighted by Gasteiger charge is -2.38. The highest BCUT2D eigenvalue weighted by atomic mass is 16.6. The molecule has 3 amide bonds. The van der Waals surface area contributed by atoms with Gasteiger partial charge in [0.1, 0.15) is 0 Å². The summed E-state index contributed by atoms with van der Waals surface area (Å²) in [6.07, 6.45) is 3.23. The van der Waals surface area contributed by atoms with Gasteiger partial charge in [0.2, 0.25) is 5.91 Å². The van der Waals surface area contributed by atoms with Gasteiger partial charge >= 0.3 is 12.0 Å². The first-order chi connectivity index (χ1) is 18.1. The number of hydrogen-bond acceptors (Lipinski definition) is 6. The molecule has 1 aliphatic rings. The molecule has 1 atom stereocenters. The average Bonchev–Trinajstić information content (AvgIpc) is 2.88. The lowest BCUT2D eigenvalue weighted by molar-refractivity contribution is -0.384. The van der Waals surface area contributed by atoms with Crippen molar-refractivity contribution in [3.05, 3.63) is 93.2 Å². The molecule has 3 rings (SSSR count). The summed E-state index contributed by atoms with van der Waals surface area (Å²) in [6.45, 7) is 5.56. The maximum absolute atomic E-state index is 13.1. The number of nitrogens with one attached hydrogen (secondary N) is 1. The van der Waals surface area contributed by atoms with Gasteiger partial charge in [0.15, 0.2) is 0 Å². The van der Waals surface area contributed by atoms with E-state index in [0.717, 1.165) is 5.56 Å². The van der Waals surface area contributed by atoms with Gasteiger partial charge in [0.25, 0.3) is 5.69 Å². The summed E-state index contributed by atoms with van der Waals surface area (Å²) in [7, 11) is 1.67. The number of nitrogens with zero attached hydrogens (tertiary/aromatic N) is 3. The minimum Gasteiger partial charge on any atom is -0.459 e. The van der Waals surface area contributed by atoms with Crippen molar-refractivity contribution < 1.29 is 24.0 Å². The van der Waals surface area contributed by atoms with E-state index in [2.05, 4.69) is 5.32 Å². The number of allylic oxidation sites excluding steroid dienone is 1. The molecule has 0 aromatic heterocycles. The molecule has 0 bridgehead atoms. The lowest BCUT2D eigenvalue weighted by Crippen LogP contribution is -2.49. The highest BCUT2D eigenvalue weighted by Gasteiger charge is 2.39. The van der Waals surface area contributed by atoms with E-state index in [1.807, 2.05) is 30.3 Å². The Morgan fingerprint density at radius 1 is 1.18 bits per heavy atom. The number of nitro groups is 1. The second kappa shape index (κ2) is 12.7. The number of hydrogen-bond donors (Lipinski definition) is 1. The molecule has 0 saturated carbocycles.